The molecule has 2 rings (SSSR count). The van der Waals surface area contributed by atoms with E-state index in [4.69, 9.17) is 4.74 Å². The predicted molar refractivity (Wildman–Crippen MR) is 71.5 cm³/mol. The number of carbonyl (C=O) groups is 1. The van der Waals surface area contributed by atoms with Gasteiger partial charge in [-0.3, -0.25) is 4.79 Å². The number of nitrogens with zero attached hydrogens (tertiary/aromatic N) is 2. The van der Waals surface area contributed by atoms with Crippen LogP contribution in [0.3, 0.4) is 0 Å². The van der Waals surface area contributed by atoms with E-state index < -0.39 is 0 Å². The van der Waals surface area contributed by atoms with Crippen LogP contribution in [0.5, 0.6) is 0 Å². The van der Waals surface area contributed by atoms with Gasteiger partial charge in [0.15, 0.2) is 0 Å². The minimum absolute atomic E-state index is 0.0658. The summed E-state index contributed by atoms with van der Waals surface area (Å²) >= 11 is 3.23. The summed E-state index contributed by atoms with van der Waals surface area (Å²) in [6.45, 7) is 3.04. The molecular formula is C12H16BrN3O2. The molecule has 5 nitrogen and oxygen atoms in total. The summed E-state index contributed by atoms with van der Waals surface area (Å²) in [7, 11) is 2.05. The van der Waals surface area contributed by atoms with Crippen molar-refractivity contribution in [2.75, 3.05) is 33.3 Å². The molecule has 1 fully saturated rings. The Morgan fingerprint density at radius 3 is 3.17 bits per heavy atom. The first-order chi connectivity index (χ1) is 8.65. The molecule has 1 aliphatic rings. The molecule has 0 bridgehead atoms. The van der Waals surface area contributed by atoms with Gasteiger partial charge in [-0.2, -0.15) is 0 Å². The van der Waals surface area contributed by atoms with Crippen LogP contribution in [0.25, 0.3) is 0 Å². The van der Waals surface area contributed by atoms with Crippen LogP contribution in [0.4, 0.5) is 0 Å². The van der Waals surface area contributed by atoms with Crippen LogP contribution in [0.15, 0.2) is 22.9 Å². The van der Waals surface area contributed by atoms with Crippen LogP contribution >= 0.6 is 15.9 Å². The van der Waals surface area contributed by atoms with Gasteiger partial charge in [0.05, 0.1) is 18.3 Å². The highest BCUT2D eigenvalue weighted by Crippen LogP contribution is 2.06. The van der Waals surface area contributed by atoms with Crippen molar-refractivity contribution >= 4 is 21.8 Å². The highest BCUT2D eigenvalue weighted by Gasteiger charge is 2.18. The van der Waals surface area contributed by atoms with Crippen molar-refractivity contribution < 1.29 is 9.53 Å². The smallest absolute Gasteiger partial charge is 0.252 e. The molecule has 0 aliphatic carbocycles. The number of nitrogens with one attached hydrogen (secondary N) is 1. The molecule has 1 amide bonds. The van der Waals surface area contributed by atoms with Crippen molar-refractivity contribution in [2.24, 2.45) is 0 Å². The van der Waals surface area contributed by atoms with Gasteiger partial charge in [-0.25, -0.2) is 4.98 Å². The SMILES string of the molecule is CN1CCOC(CNC(=O)c2ccc(Br)nc2)C1. The number of halogens is 1. The van der Waals surface area contributed by atoms with Crippen LogP contribution in [0.1, 0.15) is 10.4 Å². The van der Waals surface area contributed by atoms with Gasteiger partial charge in [-0.05, 0) is 35.1 Å². The normalized spacial score (nSPS) is 20.7. The third-order valence-corrected chi connectivity index (χ3v) is 3.29. The lowest BCUT2D eigenvalue weighted by Gasteiger charge is -2.30. The molecule has 2 heterocycles. The standard InChI is InChI=1S/C12H16BrN3O2/c1-16-4-5-18-10(8-16)7-15-12(17)9-2-3-11(13)14-6-9/h2-3,6,10H,4-5,7-8H2,1H3,(H,15,17). The summed E-state index contributed by atoms with van der Waals surface area (Å²) in [5, 5.41) is 2.86. The summed E-state index contributed by atoms with van der Waals surface area (Å²) in [5.74, 6) is -0.119. The van der Waals surface area contributed by atoms with E-state index in [1.807, 2.05) is 0 Å². The van der Waals surface area contributed by atoms with E-state index >= 15 is 0 Å². The summed E-state index contributed by atoms with van der Waals surface area (Å²) in [5.41, 5.74) is 0.558. The first-order valence-corrected chi connectivity index (χ1v) is 6.64. The largest absolute Gasteiger partial charge is 0.374 e. The molecule has 1 aliphatic heterocycles. The van der Waals surface area contributed by atoms with Crippen LogP contribution < -0.4 is 5.32 Å². The van der Waals surface area contributed by atoms with Crippen molar-refractivity contribution in [3.8, 4) is 0 Å². The third kappa shape index (κ3) is 3.76. The first kappa shape index (κ1) is 13.5. The lowest BCUT2D eigenvalue weighted by molar-refractivity contribution is -0.0175. The number of pyridine rings is 1. The van der Waals surface area contributed by atoms with Gasteiger partial charge in [0.25, 0.3) is 5.91 Å². The molecule has 0 radical (unpaired) electrons. The van der Waals surface area contributed by atoms with Gasteiger partial charge in [0.2, 0.25) is 0 Å². The lowest BCUT2D eigenvalue weighted by atomic mass is 10.2. The molecule has 0 saturated carbocycles. The molecule has 1 saturated heterocycles. The molecule has 1 aromatic heterocycles. The fourth-order valence-corrected chi connectivity index (χ4v) is 2.04. The Labute approximate surface area is 115 Å². The highest BCUT2D eigenvalue weighted by atomic mass is 79.9. The minimum atomic E-state index is -0.119. The average molecular weight is 314 g/mol. The van der Waals surface area contributed by atoms with Gasteiger partial charge in [0.1, 0.15) is 4.60 Å². The maximum atomic E-state index is 11.8. The number of aromatic nitrogens is 1. The zero-order chi connectivity index (χ0) is 13.0. The molecule has 6 heteroatoms. The number of likely N-dealkylation sites (N-methyl/N-ethyl adjacent to an activating group) is 1. The van der Waals surface area contributed by atoms with Gasteiger partial charge in [0, 0.05) is 25.8 Å². The molecule has 98 valence electrons. The topological polar surface area (TPSA) is 54.5 Å². The van der Waals surface area contributed by atoms with E-state index in [0.29, 0.717) is 12.1 Å². The molecule has 18 heavy (non-hydrogen) atoms. The summed E-state index contributed by atoms with van der Waals surface area (Å²) < 4.78 is 6.29. The van der Waals surface area contributed by atoms with Crippen molar-refractivity contribution in [3.63, 3.8) is 0 Å². The van der Waals surface area contributed by atoms with Crippen molar-refractivity contribution in [1.82, 2.24) is 15.2 Å². The molecule has 1 atom stereocenters. The lowest BCUT2D eigenvalue weighted by Crippen LogP contribution is -2.45. The van der Waals surface area contributed by atoms with Gasteiger partial charge in [-0.15, -0.1) is 0 Å². The fourth-order valence-electron chi connectivity index (χ4n) is 1.81. The molecule has 1 N–H and O–H groups in total. The van der Waals surface area contributed by atoms with E-state index in [-0.39, 0.29) is 12.0 Å². The second kappa shape index (κ2) is 6.26. The summed E-state index contributed by atoms with van der Waals surface area (Å²) in [6.07, 6.45) is 1.61. The molecule has 0 spiro atoms. The van der Waals surface area contributed by atoms with E-state index in [9.17, 15) is 4.79 Å². The van der Waals surface area contributed by atoms with Gasteiger partial charge in [-0.1, -0.05) is 0 Å². The van der Waals surface area contributed by atoms with E-state index in [1.54, 1.807) is 18.3 Å². The fraction of sp³-hybridized carbons (Fsp3) is 0.500. The van der Waals surface area contributed by atoms with Crippen LogP contribution in [0, 0.1) is 0 Å². The Balaban J connectivity index is 1.82. The van der Waals surface area contributed by atoms with Crippen molar-refractivity contribution in [3.05, 3.63) is 28.5 Å². The maximum absolute atomic E-state index is 11.8. The highest BCUT2D eigenvalue weighted by molar-refractivity contribution is 9.10. The van der Waals surface area contributed by atoms with Crippen LogP contribution in [-0.2, 0) is 4.74 Å². The third-order valence-electron chi connectivity index (χ3n) is 2.82. The number of carbonyl (C=O) groups excluding carboxylic acids is 1. The number of ether oxygens (including phenoxy) is 1. The Kier molecular flexibility index (Phi) is 4.68. The first-order valence-electron chi connectivity index (χ1n) is 5.85. The Bertz CT molecular complexity index is 410. The monoisotopic (exact) mass is 313 g/mol. The molecule has 1 unspecified atom stereocenters. The van der Waals surface area contributed by atoms with Crippen LogP contribution in [0.2, 0.25) is 0 Å². The van der Waals surface area contributed by atoms with E-state index in [0.717, 1.165) is 24.3 Å². The number of morpholine rings is 1. The number of hydrogen-bond acceptors (Lipinski definition) is 4. The maximum Gasteiger partial charge on any atom is 0.252 e. The van der Waals surface area contributed by atoms with Gasteiger partial charge < -0.3 is 15.0 Å². The second-order valence-electron chi connectivity index (χ2n) is 4.33. The number of hydrogen-bond donors (Lipinski definition) is 1. The molecule has 1 aromatic rings. The Morgan fingerprint density at radius 2 is 2.50 bits per heavy atom. The average Bonchev–Trinajstić information content (AvgIpc) is 2.37. The predicted octanol–water partition coefficient (Wildman–Crippen LogP) is 0.904. The molecule has 0 aromatic carbocycles. The van der Waals surface area contributed by atoms with Crippen molar-refractivity contribution in [2.45, 2.75) is 6.10 Å². The number of amides is 1. The second-order valence-corrected chi connectivity index (χ2v) is 5.15. The quantitative estimate of drug-likeness (QED) is 0.843. The number of rotatable bonds is 3. The van der Waals surface area contributed by atoms with Crippen molar-refractivity contribution in [1.29, 1.82) is 0 Å². The zero-order valence-electron chi connectivity index (χ0n) is 10.2. The Hall–Kier alpha value is -0.980. The minimum Gasteiger partial charge on any atom is -0.374 e. The van der Waals surface area contributed by atoms with E-state index in [1.165, 1.54) is 0 Å². The summed E-state index contributed by atoms with van der Waals surface area (Å²) in [4.78, 5) is 18.1. The summed E-state index contributed by atoms with van der Waals surface area (Å²) in [6, 6.07) is 3.49. The van der Waals surface area contributed by atoms with Crippen LogP contribution in [-0.4, -0.2) is 55.2 Å². The zero-order valence-corrected chi connectivity index (χ0v) is 11.8. The Morgan fingerprint density at radius 1 is 1.67 bits per heavy atom. The molecular weight excluding hydrogens is 298 g/mol. The van der Waals surface area contributed by atoms with Gasteiger partial charge >= 0.3 is 0 Å². The van der Waals surface area contributed by atoms with E-state index in [2.05, 4.69) is 38.2 Å².